The number of carbonyl (C=O) groups excluding carboxylic acids is 2. The van der Waals surface area contributed by atoms with E-state index in [2.05, 4.69) is 10.4 Å². The Hall–Kier alpha value is -3.50. The molecule has 0 bridgehead atoms. The van der Waals surface area contributed by atoms with Gasteiger partial charge in [-0.25, -0.2) is 13.6 Å². The molecule has 2 amide bonds. The molecule has 0 fully saturated rings. The van der Waals surface area contributed by atoms with E-state index in [0.717, 1.165) is 12.0 Å². The summed E-state index contributed by atoms with van der Waals surface area (Å²) in [5.41, 5.74) is 2.12. The number of nitrogens with zero attached hydrogens (tertiary/aromatic N) is 2. The fourth-order valence-corrected chi connectivity index (χ4v) is 3.44. The standard InChI is InChI=1S/C22H24N4O5S/c1-3-12-24-21(27)14-31-18-8-4-16(5-9-18)13-20-15(2)25-26(22(20)28)17-6-10-19(11-7-17)32(23,29)30/h4-11,13H,3,12,14H2,1-2H3,(H,24,27)(H2,23,29,30)/b20-13-. The molecule has 3 rings (SSSR count). The summed E-state index contributed by atoms with van der Waals surface area (Å²) in [6.07, 6.45) is 2.56. The third-order valence-corrected chi connectivity index (χ3v) is 5.53. The lowest BCUT2D eigenvalue weighted by Gasteiger charge is -2.12. The highest BCUT2D eigenvalue weighted by molar-refractivity contribution is 7.89. The van der Waals surface area contributed by atoms with Crippen molar-refractivity contribution in [1.29, 1.82) is 0 Å². The van der Waals surface area contributed by atoms with Gasteiger partial charge in [0, 0.05) is 6.54 Å². The van der Waals surface area contributed by atoms with Gasteiger partial charge in [-0.3, -0.25) is 9.59 Å². The maximum absolute atomic E-state index is 12.9. The Bertz CT molecular complexity index is 1170. The zero-order valence-corrected chi connectivity index (χ0v) is 18.6. The molecule has 1 aliphatic heterocycles. The quantitative estimate of drug-likeness (QED) is 0.587. The number of hydrogen-bond acceptors (Lipinski definition) is 6. The van der Waals surface area contributed by atoms with E-state index >= 15 is 0 Å². The number of primary sulfonamides is 1. The Balaban J connectivity index is 1.69. The monoisotopic (exact) mass is 456 g/mol. The van der Waals surface area contributed by atoms with Gasteiger partial charge in [-0.1, -0.05) is 19.1 Å². The van der Waals surface area contributed by atoms with Gasteiger partial charge in [0.2, 0.25) is 10.0 Å². The van der Waals surface area contributed by atoms with Gasteiger partial charge >= 0.3 is 0 Å². The van der Waals surface area contributed by atoms with E-state index in [4.69, 9.17) is 9.88 Å². The molecule has 0 saturated heterocycles. The van der Waals surface area contributed by atoms with E-state index in [-0.39, 0.29) is 23.3 Å². The van der Waals surface area contributed by atoms with Crippen LogP contribution in [0.3, 0.4) is 0 Å². The van der Waals surface area contributed by atoms with Gasteiger partial charge in [-0.15, -0.1) is 0 Å². The van der Waals surface area contributed by atoms with Crippen molar-refractivity contribution in [2.75, 3.05) is 18.2 Å². The number of hydrogen-bond donors (Lipinski definition) is 2. The minimum absolute atomic E-state index is 0.0467. The smallest absolute Gasteiger partial charge is 0.280 e. The maximum atomic E-state index is 12.9. The van der Waals surface area contributed by atoms with E-state index in [0.29, 0.717) is 29.3 Å². The normalized spacial score (nSPS) is 15.1. The highest BCUT2D eigenvalue weighted by Crippen LogP contribution is 2.26. The largest absolute Gasteiger partial charge is 0.484 e. The van der Waals surface area contributed by atoms with E-state index in [9.17, 15) is 18.0 Å². The molecule has 1 aliphatic rings. The Morgan fingerprint density at radius 1 is 1.16 bits per heavy atom. The van der Waals surface area contributed by atoms with Gasteiger partial charge in [0.15, 0.2) is 6.61 Å². The van der Waals surface area contributed by atoms with E-state index in [1.807, 2.05) is 6.92 Å². The Labute approximate surface area is 186 Å². The minimum atomic E-state index is -3.82. The molecule has 0 aromatic heterocycles. The van der Waals surface area contributed by atoms with Gasteiger partial charge in [0.1, 0.15) is 5.75 Å². The number of nitrogens with two attached hydrogens (primary N) is 1. The molecule has 32 heavy (non-hydrogen) atoms. The average Bonchev–Trinajstić information content (AvgIpc) is 3.05. The lowest BCUT2D eigenvalue weighted by atomic mass is 10.1. The lowest BCUT2D eigenvalue weighted by molar-refractivity contribution is -0.123. The van der Waals surface area contributed by atoms with Crippen LogP contribution >= 0.6 is 0 Å². The third kappa shape index (κ3) is 5.59. The predicted octanol–water partition coefficient (Wildman–Crippen LogP) is 2.05. The summed E-state index contributed by atoms with van der Waals surface area (Å²) in [4.78, 5) is 24.4. The molecule has 0 saturated carbocycles. The van der Waals surface area contributed by atoms with Crippen LogP contribution in [0, 0.1) is 0 Å². The lowest BCUT2D eigenvalue weighted by Crippen LogP contribution is -2.29. The van der Waals surface area contributed by atoms with Crippen LogP contribution in [0.2, 0.25) is 0 Å². The number of sulfonamides is 1. The van der Waals surface area contributed by atoms with Crippen LogP contribution in [0.15, 0.2) is 64.1 Å². The molecule has 1 heterocycles. The van der Waals surface area contributed by atoms with Crippen molar-refractivity contribution >= 4 is 39.3 Å². The van der Waals surface area contributed by atoms with Gasteiger partial charge < -0.3 is 10.1 Å². The van der Waals surface area contributed by atoms with Crippen molar-refractivity contribution in [3.05, 3.63) is 59.7 Å². The summed E-state index contributed by atoms with van der Waals surface area (Å²) in [6.45, 7) is 4.23. The number of hydrazone groups is 1. The molecular weight excluding hydrogens is 432 g/mol. The summed E-state index contributed by atoms with van der Waals surface area (Å²) in [5.74, 6) is 0.0240. The number of anilines is 1. The molecule has 0 spiro atoms. The number of nitrogens with one attached hydrogen (secondary N) is 1. The minimum Gasteiger partial charge on any atom is -0.484 e. The third-order valence-electron chi connectivity index (χ3n) is 4.61. The first-order valence-corrected chi connectivity index (χ1v) is 11.5. The highest BCUT2D eigenvalue weighted by atomic mass is 32.2. The van der Waals surface area contributed by atoms with Crippen molar-refractivity contribution in [2.24, 2.45) is 10.2 Å². The number of ether oxygens (including phenoxy) is 1. The maximum Gasteiger partial charge on any atom is 0.280 e. The Morgan fingerprint density at radius 2 is 1.81 bits per heavy atom. The van der Waals surface area contributed by atoms with Crippen LogP contribution in [-0.4, -0.2) is 39.1 Å². The number of benzene rings is 2. The van der Waals surface area contributed by atoms with Crippen LogP contribution in [0.4, 0.5) is 5.69 Å². The van der Waals surface area contributed by atoms with E-state index in [1.54, 1.807) is 37.3 Å². The highest BCUT2D eigenvalue weighted by Gasteiger charge is 2.28. The average molecular weight is 457 g/mol. The summed E-state index contributed by atoms with van der Waals surface area (Å²) < 4.78 is 28.3. The fourth-order valence-electron chi connectivity index (χ4n) is 2.93. The first-order valence-electron chi connectivity index (χ1n) is 9.93. The number of rotatable bonds is 8. The SMILES string of the molecule is CCCNC(=O)COc1ccc(/C=C2\C(=O)N(c3ccc(S(N)(=O)=O)cc3)N=C2C)cc1. The van der Waals surface area contributed by atoms with Crippen molar-refractivity contribution < 1.29 is 22.7 Å². The van der Waals surface area contributed by atoms with Gasteiger partial charge in [0.05, 0.1) is 21.9 Å². The zero-order chi connectivity index (χ0) is 23.3. The molecule has 0 radical (unpaired) electrons. The summed E-state index contributed by atoms with van der Waals surface area (Å²) in [6, 6.07) is 12.6. The number of amides is 2. The molecule has 2 aromatic carbocycles. The van der Waals surface area contributed by atoms with E-state index < -0.39 is 10.0 Å². The first kappa shape index (κ1) is 23.2. The predicted molar refractivity (Wildman–Crippen MR) is 122 cm³/mol. The summed E-state index contributed by atoms with van der Waals surface area (Å²) in [7, 11) is -3.82. The first-order chi connectivity index (χ1) is 15.2. The van der Waals surface area contributed by atoms with E-state index in [1.165, 1.54) is 29.3 Å². The van der Waals surface area contributed by atoms with Gasteiger partial charge in [-0.2, -0.15) is 10.1 Å². The second-order valence-electron chi connectivity index (χ2n) is 7.11. The molecule has 0 atom stereocenters. The summed E-state index contributed by atoms with van der Waals surface area (Å²) >= 11 is 0. The van der Waals surface area contributed by atoms with Crippen LogP contribution in [0.1, 0.15) is 25.8 Å². The summed E-state index contributed by atoms with van der Waals surface area (Å²) in [5, 5.41) is 13.3. The Morgan fingerprint density at radius 3 is 2.41 bits per heavy atom. The van der Waals surface area contributed by atoms with Crippen molar-refractivity contribution in [3.8, 4) is 5.75 Å². The van der Waals surface area contributed by atoms with Gasteiger partial charge in [0.25, 0.3) is 11.8 Å². The van der Waals surface area contributed by atoms with Crippen molar-refractivity contribution in [1.82, 2.24) is 5.32 Å². The van der Waals surface area contributed by atoms with Crippen LogP contribution in [-0.2, 0) is 19.6 Å². The Kier molecular flexibility index (Phi) is 7.06. The molecule has 9 nitrogen and oxygen atoms in total. The second-order valence-corrected chi connectivity index (χ2v) is 8.67. The van der Waals surface area contributed by atoms with Crippen molar-refractivity contribution in [2.45, 2.75) is 25.2 Å². The van der Waals surface area contributed by atoms with Crippen LogP contribution in [0.5, 0.6) is 5.75 Å². The van der Waals surface area contributed by atoms with Gasteiger partial charge in [-0.05, 0) is 61.4 Å². The topological polar surface area (TPSA) is 131 Å². The molecule has 0 aliphatic carbocycles. The molecule has 0 unspecified atom stereocenters. The molecule has 168 valence electrons. The van der Waals surface area contributed by atoms with Crippen LogP contribution in [0.25, 0.3) is 6.08 Å². The second kappa shape index (κ2) is 9.75. The zero-order valence-electron chi connectivity index (χ0n) is 17.7. The van der Waals surface area contributed by atoms with Crippen molar-refractivity contribution in [3.63, 3.8) is 0 Å². The molecule has 2 aromatic rings. The van der Waals surface area contributed by atoms with Crippen LogP contribution < -0.4 is 20.2 Å². The molecule has 3 N–H and O–H groups in total. The fraction of sp³-hybridized carbons (Fsp3) is 0.227. The number of carbonyl (C=O) groups is 2. The molecule has 10 heteroatoms. The molecular formula is C22H24N4O5S.